The summed E-state index contributed by atoms with van der Waals surface area (Å²) in [5.41, 5.74) is -1.02. The highest BCUT2D eigenvalue weighted by atomic mass is 127. The summed E-state index contributed by atoms with van der Waals surface area (Å²) in [4.78, 5) is 20.3. The van der Waals surface area contributed by atoms with Crippen LogP contribution >= 0.6 is 24.0 Å². The van der Waals surface area contributed by atoms with Crippen LogP contribution < -0.4 is 16.0 Å². The Morgan fingerprint density at radius 3 is 2.41 bits per heavy atom. The number of carbonyl (C=O) groups is 1. The highest BCUT2D eigenvalue weighted by Gasteiger charge is 2.24. The van der Waals surface area contributed by atoms with Gasteiger partial charge in [0.05, 0.1) is 5.54 Å². The van der Waals surface area contributed by atoms with Crippen LogP contribution in [0.2, 0.25) is 0 Å². The van der Waals surface area contributed by atoms with Crippen LogP contribution in [0.1, 0.15) is 52.8 Å². The molecule has 9 nitrogen and oxygen atoms in total. The minimum atomic E-state index is -0.526. The molecule has 1 rings (SSSR count). The van der Waals surface area contributed by atoms with Crippen molar-refractivity contribution in [1.82, 2.24) is 26.1 Å². The third-order valence-corrected chi connectivity index (χ3v) is 3.19. The number of nitrogens with one attached hydrogen (secondary N) is 3. The molecule has 0 radical (unpaired) electrons. The minimum absolute atomic E-state index is 0. The number of aliphatic imine (C=N–C) groups is 1. The first-order valence-corrected chi connectivity index (χ1v) is 8.75. The summed E-state index contributed by atoms with van der Waals surface area (Å²) < 4.78 is 10.4. The van der Waals surface area contributed by atoms with Crippen molar-refractivity contribution >= 4 is 36.0 Å². The Kier molecular flexibility index (Phi) is 10.6. The standard InChI is InChI=1S/C17H32N6O3.HI/c1-12-21-13(26-23-12)9-8-10-19-14(18-7)20-11-17(5,6)22-15(24)25-16(2,3)4;/h8-11H2,1-7H3,(H,22,24)(H2,18,19,20);1H. The number of carbonyl (C=O) groups excluding carboxylic acids is 1. The van der Waals surface area contributed by atoms with Gasteiger partial charge >= 0.3 is 6.09 Å². The van der Waals surface area contributed by atoms with E-state index in [-0.39, 0.29) is 24.0 Å². The average molecular weight is 496 g/mol. The molecular weight excluding hydrogens is 463 g/mol. The van der Waals surface area contributed by atoms with Gasteiger partial charge in [-0.25, -0.2) is 4.79 Å². The minimum Gasteiger partial charge on any atom is -0.444 e. The molecule has 10 heteroatoms. The normalized spacial score (nSPS) is 12.2. The van der Waals surface area contributed by atoms with Gasteiger partial charge in [0, 0.05) is 26.6 Å². The Balaban J connectivity index is 0.00000676. The highest BCUT2D eigenvalue weighted by Crippen LogP contribution is 2.09. The molecule has 1 aromatic rings. The molecule has 0 spiro atoms. The first-order valence-electron chi connectivity index (χ1n) is 8.75. The quantitative estimate of drug-likeness (QED) is 0.230. The van der Waals surface area contributed by atoms with E-state index in [9.17, 15) is 4.79 Å². The number of alkyl carbamates (subject to hydrolysis) is 1. The SMILES string of the molecule is CN=C(NCCCc1nc(C)no1)NCC(C)(C)NC(=O)OC(C)(C)C.I. The maximum atomic E-state index is 11.9. The maximum absolute atomic E-state index is 11.9. The molecule has 0 aliphatic rings. The fourth-order valence-electron chi connectivity index (χ4n) is 2.04. The van der Waals surface area contributed by atoms with Gasteiger partial charge in [-0.15, -0.1) is 24.0 Å². The molecule has 3 N–H and O–H groups in total. The van der Waals surface area contributed by atoms with E-state index in [4.69, 9.17) is 9.26 Å². The van der Waals surface area contributed by atoms with Gasteiger partial charge in [-0.3, -0.25) is 4.99 Å². The number of rotatable bonds is 7. The number of guanidine groups is 1. The predicted molar refractivity (Wildman–Crippen MR) is 116 cm³/mol. The van der Waals surface area contributed by atoms with Crippen LogP contribution in [-0.2, 0) is 11.2 Å². The fourth-order valence-corrected chi connectivity index (χ4v) is 2.04. The molecule has 0 unspecified atom stereocenters. The molecule has 0 atom stereocenters. The molecule has 1 aromatic heterocycles. The Morgan fingerprint density at radius 2 is 1.89 bits per heavy atom. The van der Waals surface area contributed by atoms with E-state index in [1.807, 2.05) is 34.6 Å². The van der Waals surface area contributed by atoms with Crippen molar-refractivity contribution < 1.29 is 14.1 Å². The summed E-state index contributed by atoms with van der Waals surface area (Å²) in [6, 6.07) is 0. The fraction of sp³-hybridized carbons (Fsp3) is 0.765. The van der Waals surface area contributed by atoms with E-state index in [0.29, 0.717) is 37.2 Å². The molecule has 0 aliphatic carbocycles. The number of amides is 1. The van der Waals surface area contributed by atoms with Crippen LogP contribution in [0.4, 0.5) is 4.79 Å². The van der Waals surface area contributed by atoms with Crippen molar-refractivity contribution in [2.24, 2.45) is 4.99 Å². The largest absolute Gasteiger partial charge is 0.444 e. The van der Waals surface area contributed by atoms with Gasteiger partial charge in [0.1, 0.15) is 5.60 Å². The summed E-state index contributed by atoms with van der Waals surface area (Å²) in [5, 5.41) is 13.0. The van der Waals surface area contributed by atoms with E-state index in [1.54, 1.807) is 14.0 Å². The number of hydrogen-bond acceptors (Lipinski definition) is 6. The molecule has 1 amide bonds. The molecule has 0 bridgehead atoms. The second-order valence-electron chi connectivity index (χ2n) is 7.70. The summed E-state index contributed by atoms with van der Waals surface area (Å²) in [6.45, 7) is 12.3. The lowest BCUT2D eigenvalue weighted by molar-refractivity contribution is 0.0474. The van der Waals surface area contributed by atoms with E-state index < -0.39 is 17.2 Å². The maximum Gasteiger partial charge on any atom is 0.408 e. The van der Waals surface area contributed by atoms with Gasteiger partial charge in [0.15, 0.2) is 11.8 Å². The summed E-state index contributed by atoms with van der Waals surface area (Å²) >= 11 is 0. The topological polar surface area (TPSA) is 114 Å². The molecule has 0 saturated heterocycles. The zero-order valence-corrected chi connectivity index (χ0v) is 19.6. The Morgan fingerprint density at radius 1 is 1.22 bits per heavy atom. The van der Waals surface area contributed by atoms with Crippen LogP contribution in [0.5, 0.6) is 0 Å². The molecule has 27 heavy (non-hydrogen) atoms. The van der Waals surface area contributed by atoms with Crippen molar-refractivity contribution in [1.29, 1.82) is 0 Å². The number of nitrogens with zero attached hydrogens (tertiary/aromatic N) is 3. The van der Waals surface area contributed by atoms with Gasteiger partial charge in [-0.2, -0.15) is 4.98 Å². The first kappa shape index (κ1) is 25.4. The van der Waals surface area contributed by atoms with Crippen molar-refractivity contribution in [3.05, 3.63) is 11.7 Å². The average Bonchev–Trinajstić information content (AvgIpc) is 2.89. The van der Waals surface area contributed by atoms with Crippen molar-refractivity contribution in [3.8, 4) is 0 Å². The van der Waals surface area contributed by atoms with Crippen molar-refractivity contribution in [3.63, 3.8) is 0 Å². The number of ether oxygens (including phenoxy) is 1. The molecule has 0 fully saturated rings. The van der Waals surface area contributed by atoms with E-state index >= 15 is 0 Å². The lowest BCUT2D eigenvalue weighted by Gasteiger charge is -2.29. The van der Waals surface area contributed by atoms with Gasteiger partial charge in [0.25, 0.3) is 0 Å². The number of aromatic nitrogens is 2. The second-order valence-corrected chi connectivity index (χ2v) is 7.70. The van der Waals surface area contributed by atoms with Crippen LogP contribution in [0, 0.1) is 6.92 Å². The monoisotopic (exact) mass is 496 g/mol. The van der Waals surface area contributed by atoms with E-state index in [0.717, 1.165) is 6.42 Å². The van der Waals surface area contributed by atoms with Crippen LogP contribution in [-0.4, -0.2) is 53.5 Å². The van der Waals surface area contributed by atoms with Crippen LogP contribution in [0.3, 0.4) is 0 Å². The van der Waals surface area contributed by atoms with Gasteiger partial charge < -0.3 is 25.2 Å². The third kappa shape index (κ3) is 11.7. The Hall–Kier alpha value is -1.59. The molecule has 1 heterocycles. The van der Waals surface area contributed by atoms with Gasteiger partial charge in [0.2, 0.25) is 5.89 Å². The number of aryl methyl sites for hydroxylation is 2. The second kappa shape index (κ2) is 11.3. The lowest BCUT2D eigenvalue weighted by atomic mass is 10.1. The smallest absolute Gasteiger partial charge is 0.408 e. The Labute approximate surface area is 178 Å². The number of hydrogen-bond donors (Lipinski definition) is 3. The first-order chi connectivity index (χ1) is 12.0. The summed E-state index contributed by atoms with van der Waals surface area (Å²) in [6.07, 6.45) is 1.10. The summed E-state index contributed by atoms with van der Waals surface area (Å²) in [5.74, 6) is 1.94. The van der Waals surface area contributed by atoms with Crippen molar-refractivity contribution in [2.45, 2.75) is 65.5 Å². The zero-order valence-electron chi connectivity index (χ0n) is 17.3. The zero-order chi connectivity index (χ0) is 19.8. The highest BCUT2D eigenvalue weighted by molar-refractivity contribution is 14.0. The molecule has 156 valence electrons. The molecule has 0 aliphatic heterocycles. The summed E-state index contributed by atoms with van der Waals surface area (Å²) in [7, 11) is 1.70. The van der Waals surface area contributed by atoms with Crippen LogP contribution in [0.25, 0.3) is 0 Å². The lowest BCUT2D eigenvalue weighted by Crippen LogP contribution is -2.54. The van der Waals surface area contributed by atoms with Gasteiger partial charge in [-0.1, -0.05) is 5.16 Å². The number of halogens is 1. The third-order valence-electron chi connectivity index (χ3n) is 3.19. The Bertz CT molecular complexity index is 610. The van der Waals surface area contributed by atoms with Crippen molar-refractivity contribution in [2.75, 3.05) is 20.1 Å². The predicted octanol–water partition coefficient (Wildman–Crippen LogP) is 2.40. The van der Waals surface area contributed by atoms with E-state index in [1.165, 1.54) is 0 Å². The molecule has 0 saturated carbocycles. The van der Waals surface area contributed by atoms with Crippen LogP contribution in [0.15, 0.2) is 9.52 Å². The van der Waals surface area contributed by atoms with Gasteiger partial charge in [-0.05, 0) is 48.0 Å². The molecular formula is C17H33IN6O3. The van der Waals surface area contributed by atoms with E-state index in [2.05, 4.69) is 31.1 Å². The molecule has 0 aromatic carbocycles.